The zero-order valence-corrected chi connectivity index (χ0v) is 11.8. The summed E-state index contributed by atoms with van der Waals surface area (Å²) in [5.41, 5.74) is 6.16. The number of benzene rings is 1. The molecule has 7 heteroatoms. The fourth-order valence-electron chi connectivity index (χ4n) is 1.03. The van der Waals surface area contributed by atoms with Crippen LogP contribution >= 0.6 is 0 Å². The third-order valence-electron chi connectivity index (χ3n) is 1.88. The smallest absolute Gasteiger partial charge is 0.332 e. The van der Waals surface area contributed by atoms with E-state index < -0.39 is 12.1 Å². The third-order valence-corrected chi connectivity index (χ3v) is 1.88. The van der Waals surface area contributed by atoms with E-state index >= 15 is 0 Å². The summed E-state index contributed by atoms with van der Waals surface area (Å²) in [6.45, 7) is 4.97. The Morgan fingerprint density at radius 3 is 2.05 bits per heavy atom. The number of aliphatic hydroxyl groups excluding tert-OH is 1. The lowest BCUT2D eigenvalue weighted by atomic mass is 10.3. The van der Waals surface area contributed by atoms with Gasteiger partial charge in [0.2, 0.25) is 5.96 Å². The SMILES string of the molecule is CC(C)ON(C(=N)N)c1ccccc1.CC(O)C(=O)O. The number of nitrogens with two attached hydrogens (primary N) is 1. The maximum Gasteiger partial charge on any atom is 0.332 e. The number of anilines is 1. The largest absolute Gasteiger partial charge is 0.479 e. The molecule has 0 aliphatic heterocycles. The molecule has 0 fully saturated rings. The molecule has 1 atom stereocenters. The minimum atomic E-state index is -1.23. The van der Waals surface area contributed by atoms with Crippen LogP contribution in [0.5, 0.6) is 0 Å². The fourth-order valence-corrected chi connectivity index (χ4v) is 1.03. The zero-order chi connectivity index (χ0) is 15.7. The minimum absolute atomic E-state index is 0.0147. The molecule has 1 unspecified atom stereocenters. The van der Waals surface area contributed by atoms with E-state index in [1.807, 2.05) is 44.2 Å². The highest BCUT2D eigenvalue weighted by Crippen LogP contribution is 2.13. The van der Waals surface area contributed by atoms with E-state index in [0.717, 1.165) is 5.69 Å². The van der Waals surface area contributed by atoms with Crippen molar-refractivity contribution in [3.63, 3.8) is 0 Å². The molecule has 0 saturated heterocycles. The van der Waals surface area contributed by atoms with Crippen LogP contribution < -0.4 is 10.8 Å². The summed E-state index contributed by atoms with van der Waals surface area (Å²) in [6, 6.07) is 9.31. The van der Waals surface area contributed by atoms with Gasteiger partial charge in [-0.25, -0.2) is 4.79 Å². The second-order valence-corrected chi connectivity index (χ2v) is 4.18. The Morgan fingerprint density at radius 2 is 1.75 bits per heavy atom. The Hall–Kier alpha value is -2.12. The van der Waals surface area contributed by atoms with Gasteiger partial charge in [-0.2, -0.15) is 5.06 Å². The van der Waals surface area contributed by atoms with Crippen LogP contribution in [0, 0.1) is 5.41 Å². The highest BCUT2D eigenvalue weighted by Gasteiger charge is 2.11. The summed E-state index contributed by atoms with van der Waals surface area (Å²) in [7, 11) is 0. The van der Waals surface area contributed by atoms with Crippen LogP contribution in [-0.4, -0.2) is 34.3 Å². The van der Waals surface area contributed by atoms with Gasteiger partial charge in [0.05, 0.1) is 11.8 Å². The molecule has 0 aromatic heterocycles. The van der Waals surface area contributed by atoms with E-state index in [-0.39, 0.29) is 12.1 Å². The summed E-state index contributed by atoms with van der Waals surface area (Å²) in [5.74, 6) is -1.31. The van der Waals surface area contributed by atoms with Crippen LogP contribution in [0.25, 0.3) is 0 Å². The molecular formula is C13H21N3O4. The molecule has 1 aromatic rings. The van der Waals surface area contributed by atoms with E-state index in [2.05, 4.69) is 0 Å². The molecule has 5 N–H and O–H groups in total. The van der Waals surface area contributed by atoms with Crippen molar-refractivity contribution in [2.45, 2.75) is 33.0 Å². The summed E-state index contributed by atoms with van der Waals surface area (Å²) in [5, 5.41) is 24.4. The topological polar surface area (TPSA) is 120 Å². The average molecular weight is 283 g/mol. The Morgan fingerprint density at radius 1 is 1.30 bits per heavy atom. The third kappa shape index (κ3) is 7.34. The van der Waals surface area contributed by atoms with Crippen molar-refractivity contribution in [3.8, 4) is 0 Å². The van der Waals surface area contributed by atoms with Gasteiger partial charge < -0.3 is 15.9 Å². The summed E-state index contributed by atoms with van der Waals surface area (Å²) in [6.07, 6.45) is -1.25. The first kappa shape index (κ1) is 17.9. The highest BCUT2D eigenvalue weighted by atomic mass is 16.7. The van der Waals surface area contributed by atoms with Crippen LogP contribution in [0.2, 0.25) is 0 Å². The van der Waals surface area contributed by atoms with E-state index in [9.17, 15) is 4.79 Å². The van der Waals surface area contributed by atoms with Crippen LogP contribution in [0.1, 0.15) is 20.8 Å². The van der Waals surface area contributed by atoms with Crippen molar-refractivity contribution in [1.29, 1.82) is 5.41 Å². The number of hydroxylamine groups is 1. The molecule has 7 nitrogen and oxygen atoms in total. The maximum atomic E-state index is 9.45. The van der Waals surface area contributed by atoms with E-state index in [4.69, 9.17) is 26.2 Å². The number of nitrogens with one attached hydrogen (secondary N) is 1. The van der Waals surface area contributed by atoms with Gasteiger partial charge in [0.1, 0.15) is 6.10 Å². The number of aliphatic hydroxyl groups is 1. The first-order chi connectivity index (χ1) is 9.25. The monoisotopic (exact) mass is 283 g/mol. The summed E-state index contributed by atoms with van der Waals surface area (Å²) >= 11 is 0. The number of guanidine groups is 1. The van der Waals surface area contributed by atoms with Gasteiger partial charge >= 0.3 is 5.97 Å². The number of carboxylic acid groups (broad SMARTS) is 1. The Kier molecular flexibility index (Phi) is 7.95. The Balaban J connectivity index is 0.000000511. The second kappa shape index (κ2) is 8.89. The van der Waals surface area contributed by atoms with Gasteiger partial charge in [-0.1, -0.05) is 18.2 Å². The number of para-hydroxylation sites is 1. The Labute approximate surface area is 118 Å². The lowest BCUT2D eigenvalue weighted by Crippen LogP contribution is -2.38. The van der Waals surface area contributed by atoms with Crippen LogP contribution in [0.3, 0.4) is 0 Å². The number of aliphatic carboxylic acids is 1. The summed E-state index contributed by atoms with van der Waals surface area (Å²) in [4.78, 5) is 14.8. The molecule has 0 aliphatic rings. The first-order valence-corrected chi connectivity index (χ1v) is 6.02. The van der Waals surface area contributed by atoms with Crippen LogP contribution in [0.15, 0.2) is 30.3 Å². The molecule has 1 rings (SSSR count). The lowest BCUT2D eigenvalue weighted by Gasteiger charge is -2.23. The van der Waals surface area contributed by atoms with Gasteiger partial charge in [0, 0.05) is 0 Å². The predicted octanol–water partition coefficient (Wildman–Crippen LogP) is 1.18. The highest BCUT2D eigenvalue weighted by molar-refractivity contribution is 5.90. The lowest BCUT2D eigenvalue weighted by molar-refractivity contribution is -0.145. The molecule has 0 heterocycles. The predicted molar refractivity (Wildman–Crippen MR) is 76.4 cm³/mol. The normalized spacial score (nSPS) is 11.2. The van der Waals surface area contributed by atoms with Crippen molar-refractivity contribution in [3.05, 3.63) is 30.3 Å². The van der Waals surface area contributed by atoms with Crippen molar-refractivity contribution in [2.75, 3.05) is 5.06 Å². The summed E-state index contributed by atoms with van der Waals surface area (Å²) < 4.78 is 0. The van der Waals surface area contributed by atoms with Gasteiger partial charge in [0.25, 0.3) is 0 Å². The van der Waals surface area contributed by atoms with E-state index in [1.54, 1.807) is 0 Å². The quantitative estimate of drug-likeness (QED) is 0.374. The van der Waals surface area contributed by atoms with Gasteiger partial charge in [-0.15, -0.1) is 0 Å². The van der Waals surface area contributed by atoms with Gasteiger partial charge in [0.15, 0.2) is 0 Å². The molecule has 0 spiro atoms. The molecule has 0 saturated carbocycles. The molecule has 1 aromatic carbocycles. The number of carbonyl (C=O) groups is 1. The van der Waals surface area contributed by atoms with Crippen LogP contribution in [0.4, 0.5) is 5.69 Å². The zero-order valence-electron chi connectivity index (χ0n) is 11.8. The number of hydrogen-bond donors (Lipinski definition) is 4. The van der Waals surface area contributed by atoms with Crippen molar-refractivity contribution in [2.24, 2.45) is 5.73 Å². The molecule has 0 bridgehead atoms. The van der Waals surface area contributed by atoms with E-state index in [0.29, 0.717) is 0 Å². The molecule has 20 heavy (non-hydrogen) atoms. The van der Waals surface area contributed by atoms with E-state index in [1.165, 1.54) is 12.0 Å². The molecular weight excluding hydrogens is 262 g/mol. The molecule has 0 radical (unpaired) electrons. The fraction of sp³-hybridized carbons (Fsp3) is 0.385. The number of rotatable bonds is 4. The molecule has 112 valence electrons. The Bertz CT molecular complexity index is 421. The van der Waals surface area contributed by atoms with Gasteiger partial charge in [-0.3, -0.25) is 10.2 Å². The van der Waals surface area contributed by atoms with Crippen molar-refractivity contribution in [1.82, 2.24) is 0 Å². The standard InChI is InChI=1S/C10H15N3O.C3H6O3/c1-8(2)14-13(10(11)12)9-6-4-3-5-7-9;1-2(4)3(5)6/h3-8H,1-2H3,(H3,11,12);2,4H,1H3,(H,5,6). The van der Waals surface area contributed by atoms with Gasteiger partial charge in [-0.05, 0) is 32.9 Å². The van der Waals surface area contributed by atoms with Crippen LogP contribution in [-0.2, 0) is 9.63 Å². The number of carboxylic acids is 1. The van der Waals surface area contributed by atoms with Crippen molar-refractivity contribution >= 4 is 17.6 Å². The average Bonchev–Trinajstić information content (AvgIpc) is 2.37. The maximum absolute atomic E-state index is 9.45. The second-order valence-electron chi connectivity index (χ2n) is 4.18. The number of nitrogens with zero attached hydrogens (tertiary/aromatic N) is 1. The van der Waals surface area contributed by atoms with Crippen molar-refractivity contribution < 1.29 is 19.8 Å². The number of hydrogen-bond acceptors (Lipinski definition) is 4. The minimum Gasteiger partial charge on any atom is -0.479 e. The molecule has 0 aliphatic carbocycles. The molecule has 0 amide bonds. The first-order valence-electron chi connectivity index (χ1n) is 6.02.